The van der Waals surface area contributed by atoms with Crippen molar-refractivity contribution in [3.8, 4) is 17.3 Å². The summed E-state index contributed by atoms with van der Waals surface area (Å²) >= 11 is 0. The number of hydrogen-bond donors (Lipinski definition) is 0. The van der Waals surface area contributed by atoms with Crippen molar-refractivity contribution >= 4 is 5.97 Å². The molecular formula is C17H18N2O2. The minimum Gasteiger partial charge on any atom is -0.465 e. The first kappa shape index (κ1) is 14.9. The first-order valence-electron chi connectivity index (χ1n) is 6.97. The van der Waals surface area contributed by atoms with Crippen LogP contribution >= 0.6 is 0 Å². The van der Waals surface area contributed by atoms with Crippen LogP contribution < -0.4 is 0 Å². The minimum absolute atomic E-state index is 0.359. The molecule has 0 unspecified atom stereocenters. The lowest BCUT2D eigenvalue weighted by molar-refractivity contribution is 0.0601. The third kappa shape index (κ3) is 2.68. The summed E-state index contributed by atoms with van der Waals surface area (Å²) in [5.74, 6) is -0.359. The fourth-order valence-corrected chi connectivity index (χ4v) is 2.53. The van der Waals surface area contributed by atoms with Gasteiger partial charge in [-0.1, -0.05) is 19.1 Å². The van der Waals surface area contributed by atoms with Crippen molar-refractivity contribution in [2.45, 2.75) is 26.8 Å². The Hall–Kier alpha value is -2.54. The number of carbonyl (C=O) groups is 1. The lowest BCUT2D eigenvalue weighted by atomic mass is 10.1. The van der Waals surface area contributed by atoms with E-state index in [1.807, 2.05) is 18.2 Å². The number of carbonyl (C=O) groups excluding carboxylic acids is 1. The average Bonchev–Trinajstić information content (AvgIpc) is 2.91. The van der Waals surface area contributed by atoms with Crippen molar-refractivity contribution in [1.29, 1.82) is 5.26 Å². The number of ether oxygens (including phenoxy) is 1. The molecule has 1 heterocycles. The summed E-state index contributed by atoms with van der Waals surface area (Å²) in [4.78, 5) is 11.5. The van der Waals surface area contributed by atoms with E-state index in [1.165, 1.54) is 7.11 Å². The molecule has 0 saturated carbocycles. The summed E-state index contributed by atoms with van der Waals surface area (Å²) in [5, 5.41) is 9.35. The lowest BCUT2D eigenvalue weighted by Crippen LogP contribution is -2.03. The molecule has 0 bridgehead atoms. The van der Waals surface area contributed by atoms with Crippen LogP contribution in [0.25, 0.3) is 11.3 Å². The second-order valence-electron chi connectivity index (χ2n) is 4.68. The summed E-state index contributed by atoms with van der Waals surface area (Å²) in [7, 11) is 1.36. The molecule has 21 heavy (non-hydrogen) atoms. The number of benzene rings is 1. The molecule has 0 aliphatic heterocycles. The number of nitriles is 1. The summed E-state index contributed by atoms with van der Waals surface area (Å²) in [6.07, 6.45) is 0.878. The molecule has 0 aliphatic rings. The van der Waals surface area contributed by atoms with Gasteiger partial charge < -0.3 is 9.30 Å². The van der Waals surface area contributed by atoms with Crippen molar-refractivity contribution in [1.82, 2.24) is 4.57 Å². The molecule has 2 rings (SSSR count). The maximum atomic E-state index is 11.5. The van der Waals surface area contributed by atoms with E-state index in [2.05, 4.69) is 24.5 Å². The Morgan fingerprint density at radius 1 is 1.29 bits per heavy atom. The fourth-order valence-electron chi connectivity index (χ4n) is 2.53. The van der Waals surface area contributed by atoms with Gasteiger partial charge in [-0.25, -0.2) is 4.79 Å². The lowest BCUT2D eigenvalue weighted by Gasteiger charge is -2.11. The Balaban J connectivity index is 2.53. The zero-order valence-electron chi connectivity index (χ0n) is 12.5. The van der Waals surface area contributed by atoms with Crippen molar-refractivity contribution in [3.63, 3.8) is 0 Å². The van der Waals surface area contributed by atoms with E-state index in [4.69, 9.17) is 4.74 Å². The molecule has 0 amide bonds. The van der Waals surface area contributed by atoms with Crippen LogP contribution in [0.5, 0.6) is 0 Å². The van der Waals surface area contributed by atoms with Crippen LogP contribution in [-0.4, -0.2) is 17.6 Å². The van der Waals surface area contributed by atoms with Crippen LogP contribution in [0.15, 0.2) is 30.3 Å². The third-order valence-corrected chi connectivity index (χ3v) is 3.56. The van der Waals surface area contributed by atoms with Crippen LogP contribution in [-0.2, 0) is 17.7 Å². The monoisotopic (exact) mass is 282 g/mol. The number of rotatable bonds is 4. The Morgan fingerprint density at radius 3 is 2.43 bits per heavy atom. The zero-order valence-corrected chi connectivity index (χ0v) is 12.5. The average molecular weight is 282 g/mol. The van der Waals surface area contributed by atoms with Gasteiger partial charge in [0.15, 0.2) is 0 Å². The predicted molar refractivity (Wildman–Crippen MR) is 81.0 cm³/mol. The Bertz CT molecular complexity index is 691. The highest BCUT2D eigenvalue weighted by Gasteiger charge is 2.15. The molecule has 0 radical (unpaired) electrons. The van der Waals surface area contributed by atoms with Gasteiger partial charge in [-0.2, -0.15) is 5.26 Å². The Labute approximate surface area is 124 Å². The molecule has 0 atom stereocenters. The van der Waals surface area contributed by atoms with E-state index < -0.39 is 0 Å². The predicted octanol–water partition coefficient (Wildman–Crippen LogP) is 3.40. The van der Waals surface area contributed by atoms with Gasteiger partial charge in [-0.3, -0.25) is 0 Å². The quantitative estimate of drug-likeness (QED) is 0.808. The van der Waals surface area contributed by atoms with Gasteiger partial charge in [0, 0.05) is 12.2 Å². The molecule has 1 aromatic carbocycles. The number of nitrogens with zero attached hydrogens (tertiary/aromatic N) is 2. The van der Waals surface area contributed by atoms with Crippen LogP contribution in [0.3, 0.4) is 0 Å². The fraction of sp³-hybridized carbons (Fsp3) is 0.294. The van der Waals surface area contributed by atoms with Crippen LogP contribution in [0.1, 0.15) is 35.5 Å². The van der Waals surface area contributed by atoms with Crippen molar-refractivity contribution in [2.24, 2.45) is 0 Å². The maximum Gasteiger partial charge on any atom is 0.337 e. The van der Waals surface area contributed by atoms with Crippen LogP contribution in [0, 0.1) is 11.3 Å². The highest BCUT2D eigenvalue weighted by Crippen LogP contribution is 2.28. The van der Waals surface area contributed by atoms with Gasteiger partial charge in [0.2, 0.25) is 0 Å². The summed E-state index contributed by atoms with van der Waals surface area (Å²) in [5.41, 5.74) is 4.15. The van der Waals surface area contributed by atoms with E-state index >= 15 is 0 Å². The molecular weight excluding hydrogens is 264 g/mol. The number of aryl methyl sites for hydroxylation is 1. The zero-order chi connectivity index (χ0) is 15.4. The second-order valence-corrected chi connectivity index (χ2v) is 4.68. The largest absolute Gasteiger partial charge is 0.465 e. The van der Waals surface area contributed by atoms with Crippen LogP contribution in [0.2, 0.25) is 0 Å². The van der Waals surface area contributed by atoms with Crippen molar-refractivity contribution in [3.05, 3.63) is 47.2 Å². The molecule has 0 fully saturated rings. The normalized spacial score (nSPS) is 10.2. The highest BCUT2D eigenvalue weighted by atomic mass is 16.5. The first-order chi connectivity index (χ1) is 10.2. The molecule has 0 saturated heterocycles. The molecule has 0 N–H and O–H groups in total. The van der Waals surface area contributed by atoms with Crippen molar-refractivity contribution < 1.29 is 9.53 Å². The molecule has 4 nitrogen and oxygen atoms in total. The minimum atomic E-state index is -0.359. The standard InChI is InChI=1S/C17H18N2O2/c1-4-15-10-14(11-18)16(19(15)5-2)12-6-8-13(9-7-12)17(20)21-3/h6-10H,4-5H2,1-3H3. The maximum absolute atomic E-state index is 11.5. The summed E-state index contributed by atoms with van der Waals surface area (Å²) < 4.78 is 6.84. The molecule has 2 aromatic rings. The molecule has 4 heteroatoms. The van der Waals surface area contributed by atoms with E-state index in [0.29, 0.717) is 11.1 Å². The number of hydrogen-bond acceptors (Lipinski definition) is 3. The van der Waals surface area contributed by atoms with Crippen LogP contribution in [0.4, 0.5) is 0 Å². The second kappa shape index (κ2) is 6.27. The van der Waals surface area contributed by atoms with Gasteiger partial charge in [0.25, 0.3) is 0 Å². The molecule has 108 valence electrons. The van der Waals surface area contributed by atoms with E-state index in [-0.39, 0.29) is 5.97 Å². The van der Waals surface area contributed by atoms with Gasteiger partial charge in [0.05, 0.1) is 23.9 Å². The van der Waals surface area contributed by atoms with Gasteiger partial charge in [0.1, 0.15) is 6.07 Å². The number of methoxy groups -OCH3 is 1. The van der Waals surface area contributed by atoms with Gasteiger partial charge in [-0.05, 0) is 37.1 Å². The van der Waals surface area contributed by atoms with Gasteiger partial charge in [-0.15, -0.1) is 0 Å². The van der Waals surface area contributed by atoms with Crippen molar-refractivity contribution in [2.75, 3.05) is 7.11 Å². The van der Waals surface area contributed by atoms with E-state index in [1.54, 1.807) is 12.1 Å². The number of esters is 1. The smallest absolute Gasteiger partial charge is 0.337 e. The molecule has 0 spiro atoms. The topological polar surface area (TPSA) is 55.0 Å². The summed E-state index contributed by atoms with van der Waals surface area (Å²) in [6, 6.07) is 11.4. The molecule has 1 aromatic heterocycles. The van der Waals surface area contributed by atoms with E-state index in [0.717, 1.165) is 29.9 Å². The SMILES string of the molecule is CCc1cc(C#N)c(-c2ccc(C(=O)OC)cc2)n1CC. The Morgan fingerprint density at radius 2 is 1.95 bits per heavy atom. The third-order valence-electron chi connectivity index (χ3n) is 3.56. The highest BCUT2D eigenvalue weighted by molar-refractivity contribution is 5.90. The van der Waals surface area contributed by atoms with E-state index in [9.17, 15) is 10.1 Å². The summed E-state index contributed by atoms with van der Waals surface area (Å²) in [6.45, 7) is 4.94. The van der Waals surface area contributed by atoms with Gasteiger partial charge >= 0.3 is 5.97 Å². The number of aromatic nitrogens is 1. The first-order valence-corrected chi connectivity index (χ1v) is 6.97. The molecule has 0 aliphatic carbocycles. The Kier molecular flexibility index (Phi) is 4.44.